The summed E-state index contributed by atoms with van der Waals surface area (Å²) in [5.41, 5.74) is 0.792. The van der Waals surface area contributed by atoms with E-state index in [9.17, 15) is 13.6 Å². The van der Waals surface area contributed by atoms with E-state index >= 15 is 0 Å². The van der Waals surface area contributed by atoms with E-state index in [-0.39, 0.29) is 34.1 Å². The third-order valence-electron chi connectivity index (χ3n) is 4.21. The van der Waals surface area contributed by atoms with Crippen molar-refractivity contribution in [3.05, 3.63) is 92.4 Å². The summed E-state index contributed by atoms with van der Waals surface area (Å²) in [6, 6.07) is 12.5. The maximum atomic E-state index is 13.8. The lowest BCUT2D eigenvalue weighted by Gasteiger charge is -2.20. The summed E-state index contributed by atoms with van der Waals surface area (Å²) in [6.45, 7) is 0.346. The predicted octanol–water partition coefficient (Wildman–Crippen LogP) is 3.67. The fraction of sp³-hybridized carbons (Fsp3) is 0.200. The van der Waals surface area contributed by atoms with Crippen molar-refractivity contribution in [2.75, 3.05) is 13.6 Å². The van der Waals surface area contributed by atoms with Crippen LogP contribution < -0.4 is 15.6 Å². The van der Waals surface area contributed by atoms with Gasteiger partial charge in [-0.3, -0.25) is 9.36 Å². The Kier molecular flexibility index (Phi) is 6.53. The van der Waals surface area contributed by atoms with Gasteiger partial charge in [-0.15, -0.1) is 0 Å². The number of likely N-dealkylation sites (N-methyl/N-ethyl adjacent to an activating group) is 1. The molecule has 1 unspecified atom stereocenters. The molecule has 3 rings (SSSR count). The number of hydrogen-bond acceptors (Lipinski definition) is 4. The lowest BCUT2D eigenvalue weighted by Crippen LogP contribution is -2.32. The molecule has 1 heterocycles. The highest BCUT2D eigenvalue weighted by Gasteiger charge is 2.19. The Hall–Kier alpha value is -2.58. The molecule has 0 bridgehead atoms. The van der Waals surface area contributed by atoms with Gasteiger partial charge in [-0.2, -0.15) is 0 Å². The van der Waals surface area contributed by atoms with E-state index in [4.69, 9.17) is 4.74 Å². The molecule has 0 radical (unpaired) electrons. The van der Waals surface area contributed by atoms with Crippen LogP contribution in [0.4, 0.5) is 8.78 Å². The molecular formula is C20H18BrF2N3O2. The minimum atomic E-state index is -0.720. The molecule has 2 aromatic carbocycles. The van der Waals surface area contributed by atoms with Gasteiger partial charge < -0.3 is 10.1 Å². The standard InChI is InChI=1S/C20H18BrF2N3O2/c1-24-10-17(13-5-3-2-4-6-13)26-12-25-19(18(21)20(26)27)28-11-14-7-8-15(22)9-16(14)23/h2-9,12,17,24H,10-11H2,1H3. The lowest BCUT2D eigenvalue weighted by atomic mass is 10.1. The van der Waals surface area contributed by atoms with Gasteiger partial charge >= 0.3 is 0 Å². The number of halogens is 3. The smallest absolute Gasteiger partial charge is 0.272 e. The fourth-order valence-electron chi connectivity index (χ4n) is 2.78. The molecule has 5 nitrogen and oxygen atoms in total. The zero-order valence-electron chi connectivity index (χ0n) is 15.0. The number of nitrogens with one attached hydrogen (secondary N) is 1. The minimum Gasteiger partial charge on any atom is -0.472 e. The number of ether oxygens (including phenoxy) is 1. The molecule has 0 aliphatic heterocycles. The molecule has 1 aromatic heterocycles. The summed E-state index contributed by atoms with van der Waals surface area (Å²) < 4.78 is 33.9. The van der Waals surface area contributed by atoms with Crippen LogP contribution in [0.2, 0.25) is 0 Å². The van der Waals surface area contributed by atoms with Gasteiger partial charge in [0.05, 0.1) is 6.04 Å². The van der Waals surface area contributed by atoms with Gasteiger partial charge in [0.15, 0.2) is 0 Å². The summed E-state index contributed by atoms with van der Waals surface area (Å²) in [7, 11) is 1.80. The number of hydrogen-bond donors (Lipinski definition) is 1. The second-order valence-electron chi connectivity index (χ2n) is 6.08. The fourth-order valence-corrected chi connectivity index (χ4v) is 3.20. The Balaban J connectivity index is 1.86. The molecule has 1 N–H and O–H groups in total. The van der Waals surface area contributed by atoms with Crippen molar-refractivity contribution in [2.24, 2.45) is 0 Å². The average molecular weight is 450 g/mol. The van der Waals surface area contributed by atoms with Crippen molar-refractivity contribution >= 4 is 15.9 Å². The molecule has 0 spiro atoms. The Labute approximate surface area is 169 Å². The summed E-state index contributed by atoms with van der Waals surface area (Å²) in [6.07, 6.45) is 1.40. The van der Waals surface area contributed by atoms with Crippen molar-refractivity contribution < 1.29 is 13.5 Å². The molecule has 0 amide bonds. The van der Waals surface area contributed by atoms with Gasteiger partial charge in [-0.25, -0.2) is 13.8 Å². The van der Waals surface area contributed by atoms with Gasteiger partial charge in [0, 0.05) is 18.2 Å². The topological polar surface area (TPSA) is 56.1 Å². The quantitative estimate of drug-likeness (QED) is 0.597. The first kappa shape index (κ1) is 20.2. The molecule has 0 fully saturated rings. The highest BCUT2D eigenvalue weighted by Crippen LogP contribution is 2.22. The monoisotopic (exact) mass is 449 g/mol. The normalized spacial score (nSPS) is 12.0. The van der Waals surface area contributed by atoms with Crippen LogP contribution in [-0.2, 0) is 6.61 Å². The maximum absolute atomic E-state index is 13.8. The molecule has 146 valence electrons. The predicted molar refractivity (Wildman–Crippen MR) is 105 cm³/mol. The third-order valence-corrected chi connectivity index (χ3v) is 4.88. The second-order valence-corrected chi connectivity index (χ2v) is 6.88. The SMILES string of the molecule is CNCC(c1ccccc1)n1cnc(OCc2ccc(F)cc2F)c(Br)c1=O. The molecule has 0 saturated heterocycles. The third kappa shape index (κ3) is 4.45. The van der Waals surface area contributed by atoms with Gasteiger partial charge in [-0.05, 0) is 40.7 Å². The van der Waals surface area contributed by atoms with Gasteiger partial charge in [0.1, 0.15) is 29.0 Å². The first-order chi connectivity index (χ1) is 13.5. The zero-order valence-corrected chi connectivity index (χ0v) is 16.6. The number of benzene rings is 2. The molecule has 1 atom stereocenters. The Morgan fingerprint density at radius 1 is 1.21 bits per heavy atom. The summed E-state index contributed by atoms with van der Waals surface area (Å²) >= 11 is 3.23. The number of rotatable bonds is 7. The van der Waals surface area contributed by atoms with Crippen LogP contribution in [0.25, 0.3) is 0 Å². The maximum Gasteiger partial charge on any atom is 0.272 e. The van der Waals surface area contributed by atoms with Crippen LogP contribution in [-0.4, -0.2) is 23.1 Å². The number of nitrogens with zero attached hydrogens (tertiary/aromatic N) is 2. The van der Waals surface area contributed by atoms with E-state index in [2.05, 4.69) is 26.2 Å². The zero-order chi connectivity index (χ0) is 20.1. The Morgan fingerprint density at radius 2 is 1.96 bits per heavy atom. The average Bonchev–Trinajstić information content (AvgIpc) is 2.69. The largest absolute Gasteiger partial charge is 0.472 e. The van der Waals surface area contributed by atoms with E-state index in [0.717, 1.165) is 17.7 Å². The molecule has 0 aliphatic rings. The first-order valence-electron chi connectivity index (χ1n) is 8.54. The van der Waals surface area contributed by atoms with Crippen LogP contribution in [0.5, 0.6) is 5.88 Å². The summed E-state index contributed by atoms with van der Waals surface area (Å²) in [4.78, 5) is 17.0. The molecule has 8 heteroatoms. The van der Waals surface area contributed by atoms with E-state index in [1.54, 1.807) is 7.05 Å². The summed E-state index contributed by atoms with van der Waals surface area (Å²) in [5, 5.41) is 3.08. The van der Waals surface area contributed by atoms with Crippen LogP contribution in [0.15, 0.2) is 64.1 Å². The van der Waals surface area contributed by atoms with Crippen LogP contribution in [0.1, 0.15) is 17.2 Å². The summed E-state index contributed by atoms with van der Waals surface area (Å²) in [5.74, 6) is -1.34. The minimum absolute atomic E-state index is 0.0428. The molecule has 3 aromatic rings. The van der Waals surface area contributed by atoms with E-state index < -0.39 is 11.6 Å². The van der Waals surface area contributed by atoms with E-state index in [1.807, 2.05) is 30.3 Å². The highest BCUT2D eigenvalue weighted by molar-refractivity contribution is 9.10. The first-order valence-corrected chi connectivity index (χ1v) is 9.33. The van der Waals surface area contributed by atoms with Crippen LogP contribution in [0, 0.1) is 11.6 Å². The number of aromatic nitrogens is 2. The van der Waals surface area contributed by atoms with Gasteiger partial charge in [-0.1, -0.05) is 30.3 Å². The highest BCUT2D eigenvalue weighted by atomic mass is 79.9. The van der Waals surface area contributed by atoms with Crippen molar-refractivity contribution in [1.82, 2.24) is 14.9 Å². The Morgan fingerprint density at radius 3 is 2.64 bits per heavy atom. The van der Waals surface area contributed by atoms with Crippen molar-refractivity contribution in [1.29, 1.82) is 0 Å². The van der Waals surface area contributed by atoms with E-state index in [0.29, 0.717) is 6.54 Å². The van der Waals surface area contributed by atoms with Gasteiger partial charge in [0.2, 0.25) is 5.88 Å². The lowest BCUT2D eigenvalue weighted by molar-refractivity contribution is 0.282. The molecule has 28 heavy (non-hydrogen) atoms. The van der Waals surface area contributed by atoms with Crippen molar-refractivity contribution in [3.8, 4) is 5.88 Å². The van der Waals surface area contributed by atoms with Crippen molar-refractivity contribution in [2.45, 2.75) is 12.6 Å². The molecular weight excluding hydrogens is 432 g/mol. The second kappa shape index (κ2) is 9.07. The van der Waals surface area contributed by atoms with Crippen LogP contribution in [0.3, 0.4) is 0 Å². The van der Waals surface area contributed by atoms with E-state index in [1.165, 1.54) is 17.0 Å². The molecule has 0 saturated carbocycles. The van der Waals surface area contributed by atoms with Gasteiger partial charge in [0.25, 0.3) is 5.56 Å². The van der Waals surface area contributed by atoms with Crippen molar-refractivity contribution in [3.63, 3.8) is 0 Å². The molecule has 0 aliphatic carbocycles. The van der Waals surface area contributed by atoms with Crippen LogP contribution >= 0.6 is 15.9 Å². The Bertz CT molecular complexity index is 1010.